The van der Waals surface area contributed by atoms with Crippen molar-refractivity contribution in [3.8, 4) is 0 Å². The fourth-order valence-electron chi connectivity index (χ4n) is 2.33. The molecular formula is C12H18N6OS. The predicted octanol–water partition coefficient (Wildman–Crippen LogP) is 0.697. The maximum absolute atomic E-state index is 5.47. The molecule has 3 rings (SSSR count). The van der Waals surface area contributed by atoms with Crippen molar-refractivity contribution < 1.29 is 4.52 Å². The van der Waals surface area contributed by atoms with Gasteiger partial charge >= 0.3 is 0 Å². The van der Waals surface area contributed by atoms with Gasteiger partial charge in [-0.25, -0.2) is 4.98 Å². The van der Waals surface area contributed by atoms with Gasteiger partial charge in [0.2, 0.25) is 5.89 Å². The minimum absolute atomic E-state index is 0.296. The van der Waals surface area contributed by atoms with Crippen LogP contribution in [0.4, 0.5) is 5.13 Å². The van der Waals surface area contributed by atoms with Crippen LogP contribution in [-0.2, 0) is 13.1 Å². The van der Waals surface area contributed by atoms with Crippen LogP contribution in [0, 0.1) is 0 Å². The van der Waals surface area contributed by atoms with Gasteiger partial charge in [-0.3, -0.25) is 4.90 Å². The lowest BCUT2D eigenvalue weighted by Gasteiger charge is -2.20. The number of rotatable bonds is 4. The van der Waals surface area contributed by atoms with Gasteiger partial charge < -0.3 is 15.2 Å². The van der Waals surface area contributed by atoms with Crippen LogP contribution < -0.4 is 10.6 Å². The average molecular weight is 294 g/mol. The summed E-state index contributed by atoms with van der Waals surface area (Å²) >= 11 is 1.69. The van der Waals surface area contributed by atoms with Gasteiger partial charge in [-0.15, -0.1) is 11.3 Å². The van der Waals surface area contributed by atoms with Crippen molar-refractivity contribution >= 4 is 16.5 Å². The molecule has 2 N–H and O–H groups in total. The Morgan fingerprint density at radius 2 is 2.25 bits per heavy atom. The summed E-state index contributed by atoms with van der Waals surface area (Å²) in [7, 11) is 0. The Morgan fingerprint density at radius 1 is 1.30 bits per heavy atom. The normalized spacial score (nSPS) is 17.4. The highest BCUT2D eigenvalue weighted by Crippen LogP contribution is 2.19. The minimum Gasteiger partial charge on any atom is -0.347 e. The molecule has 1 saturated heterocycles. The molecule has 8 heteroatoms. The summed E-state index contributed by atoms with van der Waals surface area (Å²) in [5.41, 5.74) is 5.47. The molecule has 1 fully saturated rings. The molecule has 0 aromatic carbocycles. The van der Waals surface area contributed by atoms with Crippen molar-refractivity contribution in [2.24, 2.45) is 5.73 Å². The third-order valence-electron chi connectivity index (χ3n) is 3.33. The molecule has 0 amide bonds. The molecule has 0 aliphatic carbocycles. The van der Waals surface area contributed by atoms with Crippen molar-refractivity contribution in [3.63, 3.8) is 0 Å². The molecule has 2 aromatic rings. The van der Waals surface area contributed by atoms with Crippen molar-refractivity contribution in [1.29, 1.82) is 0 Å². The van der Waals surface area contributed by atoms with Crippen LogP contribution in [0.1, 0.15) is 18.1 Å². The highest BCUT2D eigenvalue weighted by Gasteiger charge is 2.18. The number of hydrogen-bond donors (Lipinski definition) is 1. The van der Waals surface area contributed by atoms with E-state index in [1.807, 2.05) is 11.6 Å². The Morgan fingerprint density at radius 3 is 3.00 bits per heavy atom. The van der Waals surface area contributed by atoms with E-state index in [0.717, 1.165) is 44.3 Å². The first-order valence-electron chi connectivity index (χ1n) is 6.73. The van der Waals surface area contributed by atoms with E-state index < -0.39 is 0 Å². The number of nitrogens with zero attached hydrogens (tertiary/aromatic N) is 5. The maximum Gasteiger partial charge on any atom is 0.240 e. The van der Waals surface area contributed by atoms with Crippen molar-refractivity contribution in [2.45, 2.75) is 19.5 Å². The standard InChI is InChI=1S/C12H18N6OS/c13-8-11-15-10(16-19-11)9-17-3-1-4-18(6-5-17)12-14-2-7-20-12/h2,7H,1,3-6,8-9,13H2. The second-order valence-corrected chi connectivity index (χ2v) is 5.61. The maximum atomic E-state index is 5.47. The van der Waals surface area contributed by atoms with E-state index in [0.29, 0.717) is 18.3 Å². The van der Waals surface area contributed by atoms with Crippen LogP contribution in [-0.4, -0.2) is 46.2 Å². The monoisotopic (exact) mass is 294 g/mol. The van der Waals surface area contributed by atoms with Crippen molar-refractivity contribution in [2.75, 3.05) is 31.1 Å². The summed E-state index contributed by atoms with van der Waals surface area (Å²) in [6.45, 7) is 5.06. The first kappa shape index (κ1) is 13.5. The second kappa shape index (κ2) is 6.29. The zero-order valence-electron chi connectivity index (χ0n) is 11.2. The molecule has 0 radical (unpaired) electrons. The number of anilines is 1. The Labute approximate surface area is 121 Å². The van der Waals surface area contributed by atoms with Gasteiger partial charge in [0.05, 0.1) is 13.1 Å². The van der Waals surface area contributed by atoms with Gasteiger partial charge in [-0.2, -0.15) is 4.98 Å². The Kier molecular flexibility index (Phi) is 4.24. The summed E-state index contributed by atoms with van der Waals surface area (Å²) in [5.74, 6) is 1.22. The molecule has 7 nitrogen and oxygen atoms in total. The molecular weight excluding hydrogens is 276 g/mol. The molecule has 0 spiro atoms. The topological polar surface area (TPSA) is 84.3 Å². The predicted molar refractivity (Wildman–Crippen MR) is 76.4 cm³/mol. The average Bonchev–Trinajstić information content (AvgIpc) is 3.09. The van der Waals surface area contributed by atoms with Crippen molar-refractivity contribution in [1.82, 2.24) is 20.0 Å². The van der Waals surface area contributed by atoms with Gasteiger partial charge in [-0.1, -0.05) is 5.16 Å². The van der Waals surface area contributed by atoms with Crippen molar-refractivity contribution in [3.05, 3.63) is 23.3 Å². The van der Waals surface area contributed by atoms with E-state index >= 15 is 0 Å². The van der Waals surface area contributed by atoms with Crippen LogP contribution in [0.15, 0.2) is 16.1 Å². The Balaban J connectivity index is 1.57. The molecule has 1 aliphatic heterocycles. The zero-order valence-corrected chi connectivity index (χ0v) is 12.1. The van der Waals surface area contributed by atoms with E-state index in [9.17, 15) is 0 Å². The van der Waals surface area contributed by atoms with Crippen LogP contribution in [0.3, 0.4) is 0 Å². The first-order chi connectivity index (χ1) is 9.85. The van der Waals surface area contributed by atoms with E-state index in [1.165, 1.54) is 0 Å². The van der Waals surface area contributed by atoms with E-state index in [4.69, 9.17) is 10.3 Å². The first-order valence-corrected chi connectivity index (χ1v) is 7.61. The smallest absolute Gasteiger partial charge is 0.240 e. The zero-order chi connectivity index (χ0) is 13.8. The van der Waals surface area contributed by atoms with E-state index in [2.05, 4.69) is 24.9 Å². The summed E-state index contributed by atoms with van der Waals surface area (Å²) in [6.07, 6.45) is 2.97. The number of aromatic nitrogens is 3. The summed E-state index contributed by atoms with van der Waals surface area (Å²) in [4.78, 5) is 13.3. The molecule has 2 aromatic heterocycles. The molecule has 20 heavy (non-hydrogen) atoms. The summed E-state index contributed by atoms with van der Waals surface area (Å²) in [6, 6.07) is 0. The third-order valence-corrected chi connectivity index (χ3v) is 4.16. The molecule has 108 valence electrons. The highest BCUT2D eigenvalue weighted by molar-refractivity contribution is 7.13. The van der Waals surface area contributed by atoms with Gasteiger partial charge in [0.15, 0.2) is 11.0 Å². The molecule has 0 bridgehead atoms. The number of hydrogen-bond acceptors (Lipinski definition) is 8. The van der Waals surface area contributed by atoms with Crippen LogP contribution in [0.5, 0.6) is 0 Å². The lowest BCUT2D eigenvalue weighted by Crippen LogP contribution is -2.30. The number of nitrogens with two attached hydrogens (primary N) is 1. The van der Waals surface area contributed by atoms with Gasteiger partial charge in [0.25, 0.3) is 0 Å². The van der Waals surface area contributed by atoms with E-state index in [-0.39, 0.29) is 0 Å². The highest BCUT2D eigenvalue weighted by atomic mass is 32.1. The SMILES string of the molecule is NCc1nc(CN2CCCN(c3nccs3)CC2)no1. The fraction of sp³-hybridized carbons (Fsp3) is 0.583. The summed E-state index contributed by atoms with van der Waals surface area (Å²) < 4.78 is 5.04. The van der Waals surface area contributed by atoms with Gasteiger partial charge in [0.1, 0.15) is 0 Å². The second-order valence-electron chi connectivity index (χ2n) is 4.74. The molecule has 0 unspecified atom stereocenters. The molecule has 1 aliphatic rings. The van der Waals surface area contributed by atoms with Crippen LogP contribution >= 0.6 is 11.3 Å². The summed E-state index contributed by atoms with van der Waals surface area (Å²) in [5, 5.41) is 7.08. The molecule has 0 atom stereocenters. The number of thiazole rings is 1. The van der Waals surface area contributed by atoms with Gasteiger partial charge in [0, 0.05) is 37.8 Å². The Bertz CT molecular complexity index is 528. The van der Waals surface area contributed by atoms with E-state index in [1.54, 1.807) is 11.3 Å². The van der Waals surface area contributed by atoms with Crippen LogP contribution in [0.2, 0.25) is 0 Å². The fourth-order valence-corrected chi connectivity index (χ4v) is 3.03. The third kappa shape index (κ3) is 3.14. The quantitative estimate of drug-likeness (QED) is 0.888. The Hall–Kier alpha value is -1.51. The molecule has 0 saturated carbocycles. The molecule has 3 heterocycles. The lowest BCUT2D eigenvalue weighted by atomic mass is 10.4. The minimum atomic E-state index is 0.296. The van der Waals surface area contributed by atoms with Crippen LogP contribution in [0.25, 0.3) is 0 Å². The van der Waals surface area contributed by atoms with Gasteiger partial charge in [-0.05, 0) is 6.42 Å². The lowest BCUT2D eigenvalue weighted by molar-refractivity contribution is 0.271. The largest absolute Gasteiger partial charge is 0.347 e.